The van der Waals surface area contributed by atoms with Crippen LogP contribution in [0.5, 0.6) is 0 Å². The zero-order valence-electron chi connectivity index (χ0n) is 14.4. The lowest BCUT2D eigenvalue weighted by Gasteiger charge is -2.09. The van der Waals surface area contributed by atoms with Crippen LogP contribution in [0.1, 0.15) is 33.9 Å². The maximum atomic E-state index is 12.3. The molecule has 0 fully saturated rings. The van der Waals surface area contributed by atoms with Crippen LogP contribution in [0.15, 0.2) is 30.3 Å². The molecule has 0 aliphatic heterocycles. The number of nitrogens with one attached hydrogen (secondary N) is 2. The van der Waals surface area contributed by atoms with E-state index in [4.69, 9.17) is 4.74 Å². The number of carbonyl (C=O) groups is 1. The summed E-state index contributed by atoms with van der Waals surface area (Å²) in [6.07, 6.45) is 0.870. The first-order valence-electron chi connectivity index (χ1n) is 8.00. The molecule has 2 rings (SSSR count). The van der Waals surface area contributed by atoms with Gasteiger partial charge in [-0.05, 0) is 25.8 Å². The highest BCUT2D eigenvalue weighted by Crippen LogP contribution is 2.08. The predicted octanol–water partition coefficient (Wildman–Crippen LogP) is 2.47. The van der Waals surface area contributed by atoms with Gasteiger partial charge < -0.3 is 15.4 Å². The van der Waals surface area contributed by atoms with Gasteiger partial charge >= 0.3 is 0 Å². The summed E-state index contributed by atoms with van der Waals surface area (Å²) < 4.78 is 5.01. The number of amides is 1. The Morgan fingerprint density at radius 1 is 1.17 bits per heavy atom. The van der Waals surface area contributed by atoms with E-state index in [1.807, 2.05) is 31.2 Å². The van der Waals surface area contributed by atoms with Crippen LogP contribution in [0.2, 0.25) is 0 Å². The molecule has 128 valence electrons. The fourth-order valence-corrected chi connectivity index (χ4v) is 2.19. The van der Waals surface area contributed by atoms with Crippen LogP contribution in [-0.2, 0) is 11.3 Å². The van der Waals surface area contributed by atoms with E-state index in [9.17, 15) is 4.79 Å². The minimum Gasteiger partial charge on any atom is -0.385 e. The highest BCUT2D eigenvalue weighted by Gasteiger charge is 2.10. The van der Waals surface area contributed by atoms with E-state index in [0.29, 0.717) is 30.5 Å². The molecule has 0 atom stereocenters. The van der Waals surface area contributed by atoms with Crippen molar-refractivity contribution in [3.8, 4) is 0 Å². The van der Waals surface area contributed by atoms with Crippen molar-refractivity contribution in [2.24, 2.45) is 0 Å². The van der Waals surface area contributed by atoms with E-state index in [1.165, 1.54) is 5.56 Å². The number of ether oxygens (including phenoxy) is 1. The van der Waals surface area contributed by atoms with E-state index in [2.05, 4.69) is 20.6 Å². The van der Waals surface area contributed by atoms with Crippen molar-refractivity contribution in [1.29, 1.82) is 0 Å². The molecule has 0 bridgehead atoms. The third kappa shape index (κ3) is 5.62. The smallest absolute Gasteiger partial charge is 0.270 e. The Labute approximate surface area is 142 Å². The molecule has 6 heteroatoms. The summed E-state index contributed by atoms with van der Waals surface area (Å²) in [7, 11) is 1.67. The quantitative estimate of drug-likeness (QED) is 0.728. The van der Waals surface area contributed by atoms with Gasteiger partial charge in [-0.25, -0.2) is 9.97 Å². The van der Waals surface area contributed by atoms with Crippen molar-refractivity contribution in [3.05, 3.63) is 53.0 Å². The van der Waals surface area contributed by atoms with Crippen LogP contribution < -0.4 is 10.6 Å². The molecule has 0 unspecified atom stereocenters. The molecule has 0 radical (unpaired) electrons. The van der Waals surface area contributed by atoms with Crippen molar-refractivity contribution in [2.45, 2.75) is 26.8 Å². The Bertz CT molecular complexity index is 671. The molecule has 0 aliphatic carbocycles. The van der Waals surface area contributed by atoms with Crippen molar-refractivity contribution in [1.82, 2.24) is 15.3 Å². The zero-order valence-corrected chi connectivity index (χ0v) is 14.4. The van der Waals surface area contributed by atoms with Crippen LogP contribution in [-0.4, -0.2) is 36.1 Å². The predicted molar refractivity (Wildman–Crippen MR) is 94.1 cm³/mol. The second-order valence-electron chi connectivity index (χ2n) is 5.63. The third-order valence-electron chi connectivity index (χ3n) is 3.48. The SMILES string of the molecule is COCCCNc1cc(C(=O)NCc2ccc(C)cc2)nc(C)n1. The van der Waals surface area contributed by atoms with Gasteiger partial charge in [0.2, 0.25) is 0 Å². The lowest BCUT2D eigenvalue weighted by atomic mass is 10.1. The van der Waals surface area contributed by atoms with Crippen LogP contribution in [0, 0.1) is 13.8 Å². The van der Waals surface area contributed by atoms with Gasteiger partial charge in [-0.15, -0.1) is 0 Å². The summed E-state index contributed by atoms with van der Waals surface area (Å²) >= 11 is 0. The number of hydrogen-bond donors (Lipinski definition) is 2. The zero-order chi connectivity index (χ0) is 17.4. The maximum Gasteiger partial charge on any atom is 0.270 e. The number of aryl methyl sites for hydroxylation is 2. The van der Waals surface area contributed by atoms with Crippen molar-refractivity contribution in [3.63, 3.8) is 0 Å². The summed E-state index contributed by atoms with van der Waals surface area (Å²) in [6, 6.07) is 9.73. The number of nitrogens with zero attached hydrogens (tertiary/aromatic N) is 2. The molecule has 0 aliphatic rings. The third-order valence-corrected chi connectivity index (χ3v) is 3.48. The van der Waals surface area contributed by atoms with Gasteiger partial charge in [-0.1, -0.05) is 29.8 Å². The van der Waals surface area contributed by atoms with Crippen LogP contribution in [0.4, 0.5) is 5.82 Å². The van der Waals surface area contributed by atoms with Gasteiger partial charge in [0, 0.05) is 32.9 Å². The van der Waals surface area contributed by atoms with E-state index < -0.39 is 0 Å². The highest BCUT2D eigenvalue weighted by atomic mass is 16.5. The lowest BCUT2D eigenvalue weighted by molar-refractivity contribution is 0.0945. The maximum absolute atomic E-state index is 12.3. The van der Waals surface area contributed by atoms with Gasteiger partial charge in [-0.3, -0.25) is 4.79 Å². The van der Waals surface area contributed by atoms with Crippen LogP contribution in [0.3, 0.4) is 0 Å². The second kappa shape index (κ2) is 8.98. The fourth-order valence-electron chi connectivity index (χ4n) is 2.19. The number of rotatable bonds is 8. The summed E-state index contributed by atoms with van der Waals surface area (Å²) in [4.78, 5) is 20.8. The topological polar surface area (TPSA) is 76.1 Å². The normalized spacial score (nSPS) is 10.5. The molecule has 0 spiro atoms. The number of methoxy groups -OCH3 is 1. The van der Waals surface area contributed by atoms with Gasteiger partial charge in [0.15, 0.2) is 0 Å². The minimum atomic E-state index is -0.207. The molecular weight excluding hydrogens is 304 g/mol. The molecule has 24 heavy (non-hydrogen) atoms. The Kier molecular flexibility index (Phi) is 6.69. The molecule has 1 aromatic heterocycles. The fraction of sp³-hybridized carbons (Fsp3) is 0.389. The average molecular weight is 328 g/mol. The standard InChI is InChI=1S/C18H24N4O2/c1-13-5-7-15(8-6-13)12-20-18(23)16-11-17(22-14(2)21-16)19-9-4-10-24-3/h5-8,11H,4,9-10,12H2,1-3H3,(H,20,23)(H,19,21,22). The molecule has 1 heterocycles. The molecule has 2 N–H and O–H groups in total. The second-order valence-corrected chi connectivity index (χ2v) is 5.63. The monoisotopic (exact) mass is 328 g/mol. The minimum absolute atomic E-state index is 0.207. The number of benzene rings is 1. The Morgan fingerprint density at radius 3 is 2.62 bits per heavy atom. The van der Waals surface area contributed by atoms with Crippen LogP contribution >= 0.6 is 0 Å². The van der Waals surface area contributed by atoms with Crippen LogP contribution in [0.25, 0.3) is 0 Å². The molecule has 0 saturated heterocycles. The largest absolute Gasteiger partial charge is 0.385 e. The van der Waals surface area contributed by atoms with Gasteiger partial charge in [-0.2, -0.15) is 0 Å². The van der Waals surface area contributed by atoms with Crippen molar-refractivity contribution >= 4 is 11.7 Å². The first kappa shape index (κ1) is 17.9. The van der Waals surface area contributed by atoms with E-state index >= 15 is 0 Å². The summed E-state index contributed by atoms with van der Waals surface area (Å²) in [5, 5.41) is 6.07. The number of anilines is 1. The first-order chi connectivity index (χ1) is 11.6. The van der Waals surface area contributed by atoms with Crippen molar-refractivity contribution in [2.75, 3.05) is 25.6 Å². The molecular formula is C18H24N4O2. The average Bonchev–Trinajstić information content (AvgIpc) is 2.57. The van der Waals surface area contributed by atoms with E-state index in [0.717, 1.165) is 18.5 Å². The van der Waals surface area contributed by atoms with E-state index in [-0.39, 0.29) is 5.91 Å². The molecule has 1 aromatic carbocycles. The summed E-state index contributed by atoms with van der Waals surface area (Å²) in [5.41, 5.74) is 2.61. The molecule has 2 aromatic rings. The van der Waals surface area contributed by atoms with E-state index in [1.54, 1.807) is 20.1 Å². The highest BCUT2D eigenvalue weighted by molar-refractivity contribution is 5.92. The molecule has 1 amide bonds. The van der Waals surface area contributed by atoms with Gasteiger partial charge in [0.1, 0.15) is 17.3 Å². The van der Waals surface area contributed by atoms with Gasteiger partial charge in [0.25, 0.3) is 5.91 Å². The lowest BCUT2D eigenvalue weighted by Crippen LogP contribution is -2.24. The number of carbonyl (C=O) groups excluding carboxylic acids is 1. The molecule has 0 saturated carbocycles. The Morgan fingerprint density at radius 2 is 1.92 bits per heavy atom. The Balaban J connectivity index is 1.95. The number of aromatic nitrogens is 2. The Hall–Kier alpha value is -2.47. The summed E-state index contributed by atoms with van der Waals surface area (Å²) in [5.74, 6) is 1.01. The summed E-state index contributed by atoms with van der Waals surface area (Å²) in [6.45, 7) is 5.69. The molecule has 6 nitrogen and oxygen atoms in total. The van der Waals surface area contributed by atoms with Gasteiger partial charge in [0.05, 0.1) is 0 Å². The first-order valence-corrected chi connectivity index (χ1v) is 8.00. The van der Waals surface area contributed by atoms with Crippen molar-refractivity contribution < 1.29 is 9.53 Å². The number of hydrogen-bond acceptors (Lipinski definition) is 5.